The first-order valence-electron chi connectivity index (χ1n) is 4.94. The van der Waals surface area contributed by atoms with Gasteiger partial charge in [0.15, 0.2) is 0 Å². The third-order valence-electron chi connectivity index (χ3n) is 2.17. The Kier molecular flexibility index (Phi) is 4.24. The summed E-state index contributed by atoms with van der Waals surface area (Å²) in [5.74, 6) is 0.00181. The van der Waals surface area contributed by atoms with E-state index in [-0.39, 0.29) is 10.7 Å². The molecule has 1 aromatic rings. The van der Waals surface area contributed by atoms with Crippen molar-refractivity contribution in [1.29, 1.82) is 0 Å². The number of aromatic nitrogens is 2. The van der Waals surface area contributed by atoms with Crippen molar-refractivity contribution in [2.24, 2.45) is 0 Å². The van der Waals surface area contributed by atoms with Crippen LogP contribution in [0.25, 0.3) is 0 Å². The predicted molar refractivity (Wildman–Crippen MR) is 63.1 cm³/mol. The first-order valence-corrected chi connectivity index (χ1v) is 6.16. The quantitative estimate of drug-likeness (QED) is 0.908. The Morgan fingerprint density at radius 1 is 1.35 bits per heavy atom. The number of halogens is 3. The van der Waals surface area contributed by atoms with Crippen LogP contribution < -0.4 is 5.32 Å². The summed E-state index contributed by atoms with van der Waals surface area (Å²) in [5.41, 5.74) is -0.933. The van der Waals surface area contributed by atoms with E-state index in [1.807, 2.05) is 20.1 Å². The van der Waals surface area contributed by atoms with Crippen LogP contribution in [0.2, 0.25) is 0 Å². The summed E-state index contributed by atoms with van der Waals surface area (Å²) in [7, 11) is 0. The van der Waals surface area contributed by atoms with Crippen LogP contribution in [-0.2, 0) is 6.18 Å². The lowest BCUT2D eigenvalue weighted by atomic mass is 10.2. The van der Waals surface area contributed by atoms with Crippen molar-refractivity contribution in [3.05, 3.63) is 18.0 Å². The summed E-state index contributed by atoms with van der Waals surface area (Å²) >= 11 is 1.62. The number of alkyl halides is 3. The second kappa shape index (κ2) is 5.12. The Labute approximate surface area is 102 Å². The van der Waals surface area contributed by atoms with Gasteiger partial charge in [0.2, 0.25) is 5.95 Å². The first-order chi connectivity index (χ1) is 7.74. The van der Waals surface area contributed by atoms with E-state index in [0.717, 1.165) is 12.3 Å². The number of hydrogen-bond donors (Lipinski definition) is 1. The summed E-state index contributed by atoms with van der Waals surface area (Å²) in [6, 6.07) is 0.852. The Balaban J connectivity index is 2.74. The molecule has 0 unspecified atom stereocenters. The molecule has 0 fully saturated rings. The third-order valence-corrected chi connectivity index (χ3v) is 3.42. The van der Waals surface area contributed by atoms with E-state index in [1.165, 1.54) is 0 Å². The topological polar surface area (TPSA) is 37.8 Å². The maximum absolute atomic E-state index is 12.4. The van der Waals surface area contributed by atoms with Gasteiger partial charge in [-0.1, -0.05) is 0 Å². The molecule has 0 atom stereocenters. The molecule has 17 heavy (non-hydrogen) atoms. The van der Waals surface area contributed by atoms with Crippen LogP contribution in [0.1, 0.15) is 19.5 Å². The minimum atomic E-state index is -4.44. The Morgan fingerprint density at radius 2 is 2.00 bits per heavy atom. The van der Waals surface area contributed by atoms with Gasteiger partial charge in [0, 0.05) is 17.5 Å². The Hall–Kier alpha value is -0.980. The van der Waals surface area contributed by atoms with Crippen LogP contribution in [0.4, 0.5) is 19.1 Å². The number of thioether (sulfide) groups is 1. The summed E-state index contributed by atoms with van der Waals surface area (Å²) in [6.45, 7) is 4.46. The lowest BCUT2D eigenvalue weighted by Gasteiger charge is -2.22. The van der Waals surface area contributed by atoms with Gasteiger partial charge in [0.25, 0.3) is 0 Å². The van der Waals surface area contributed by atoms with Gasteiger partial charge in [0.1, 0.15) is 5.69 Å². The molecule has 0 saturated heterocycles. The average molecular weight is 265 g/mol. The van der Waals surface area contributed by atoms with Gasteiger partial charge in [-0.05, 0) is 26.2 Å². The van der Waals surface area contributed by atoms with Gasteiger partial charge >= 0.3 is 6.18 Å². The molecule has 0 aliphatic carbocycles. The minimum Gasteiger partial charge on any atom is -0.353 e. The molecule has 1 rings (SSSR count). The molecule has 96 valence electrons. The van der Waals surface area contributed by atoms with Gasteiger partial charge in [-0.3, -0.25) is 0 Å². The summed E-state index contributed by atoms with van der Waals surface area (Å²) < 4.78 is 37.1. The van der Waals surface area contributed by atoms with E-state index < -0.39 is 11.9 Å². The highest BCUT2D eigenvalue weighted by Crippen LogP contribution is 2.27. The number of nitrogens with zero attached hydrogens (tertiary/aromatic N) is 2. The zero-order chi connectivity index (χ0) is 13.1. The Bertz CT molecular complexity index is 379. The van der Waals surface area contributed by atoms with Gasteiger partial charge in [-0.2, -0.15) is 24.9 Å². The van der Waals surface area contributed by atoms with Gasteiger partial charge in [-0.25, -0.2) is 9.97 Å². The molecule has 1 N–H and O–H groups in total. The van der Waals surface area contributed by atoms with Gasteiger partial charge in [0.05, 0.1) is 0 Å². The van der Waals surface area contributed by atoms with E-state index in [4.69, 9.17) is 0 Å². The van der Waals surface area contributed by atoms with E-state index in [2.05, 4.69) is 15.3 Å². The standard InChI is InChI=1S/C10H14F3N3S/c1-9(2,17-3)6-15-8-14-5-4-7(16-8)10(11,12)13/h4-5H,6H2,1-3H3,(H,14,15,16). The highest BCUT2D eigenvalue weighted by atomic mass is 32.2. The molecular formula is C10H14F3N3S. The van der Waals surface area contributed by atoms with Crippen LogP contribution in [0.5, 0.6) is 0 Å². The molecule has 1 aromatic heterocycles. The molecule has 0 aliphatic rings. The highest BCUT2D eigenvalue weighted by Gasteiger charge is 2.32. The molecule has 0 amide bonds. The molecule has 0 bridgehead atoms. The predicted octanol–water partition coefficient (Wildman–Crippen LogP) is 3.05. The van der Waals surface area contributed by atoms with Crippen molar-refractivity contribution >= 4 is 17.7 Å². The minimum absolute atomic E-state index is 0.00181. The zero-order valence-corrected chi connectivity index (χ0v) is 10.6. The van der Waals surface area contributed by atoms with E-state index in [0.29, 0.717) is 6.54 Å². The number of nitrogens with one attached hydrogen (secondary N) is 1. The largest absolute Gasteiger partial charge is 0.433 e. The molecule has 0 saturated carbocycles. The smallest absolute Gasteiger partial charge is 0.353 e. The van der Waals surface area contributed by atoms with Crippen LogP contribution >= 0.6 is 11.8 Å². The highest BCUT2D eigenvalue weighted by molar-refractivity contribution is 7.99. The fourth-order valence-electron chi connectivity index (χ4n) is 0.966. The summed E-state index contributed by atoms with van der Waals surface area (Å²) in [5, 5.41) is 2.81. The summed E-state index contributed by atoms with van der Waals surface area (Å²) in [4.78, 5) is 7.18. The molecule has 0 aliphatic heterocycles. The van der Waals surface area contributed by atoms with Crippen LogP contribution in [0.15, 0.2) is 12.3 Å². The van der Waals surface area contributed by atoms with Crippen molar-refractivity contribution in [2.45, 2.75) is 24.8 Å². The monoisotopic (exact) mass is 265 g/mol. The van der Waals surface area contributed by atoms with E-state index in [9.17, 15) is 13.2 Å². The molecule has 0 spiro atoms. The molecular weight excluding hydrogens is 251 g/mol. The average Bonchev–Trinajstić information content (AvgIpc) is 2.26. The second-order valence-electron chi connectivity index (χ2n) is 4.08. The molecule has 0 aromatic carbocycles. The fourth-order valence-corrected chi connectivity index (χ4v) is 1.18. The number of hydrogen-bond acceptors (Lipinski definition) is 4. The van der Waals surface area contributed by atoms with Gasteiger partial charge < -0.3 is 5.32 Å². The molecule has 0 radical (unpaired) electrons. The van der Waals surface area contributed by atoms with Crippen LogP contribution in [-0.4, -0.2) is 27.5 Å². The fraction of sp³-hybridized carbons (Fsp3) is 0.600. The third kappa shape index (κ3) is 4.41. The molecule has 7 heteroatoms. The maximum Gasteiger partial charge on any atom is 0.433 e. The van der Waals surface area contributed by atoms with Crippen molar-refractivity contribution < 1.29 is 13.2 Å². The number of rotatable bonds is 4. The second-order valence-corrected chi connectivity index (χ2v) is 5.59. The first kappa shape index (κ1) is 14.1. The van der Waals surface area contributed by atoms with Crippen molar-refractivity contribution in [1.82, 2.24) is 9.97 Å². The van der Waals surface area contributed by atoms with Gasteiger partial charge in [-0.15, -0.1) is 0 Å². The molecule has 1 heterocycles. The van der Waals surface area contributed by atoms with Crippen LogP contribution in [0, 0.1) is 0 Å². The van der Waals surface area contributed by atoms with E-state index >= 15 is 0 Å². The zero-order valence-electron chi connectivity index (χ0n) is 9.80. The molecule has 3 nitrogen and oxygen atoms in total. The lowest BCUT2D eigenvalue weighted by Crippen LogP contribution is -2.27. The Morgan fingerprint density at radius 3 is 2.53 bits per heavy atom. The normalized spacial score (nSPS) is 12.6. The van der Waals surface area contributed by atoms with E-state index in [1.54, 1.807) is 11.8 Å². The van der Waals surface area contributed by atoms with Crippen molar-refractivity contribution in [3.8, 4) is 0 Å². The van der Waals surface area contributed by atoms with Crippen molar-refractivity contribution in [2.75, 3.05) is 18.1 Å². The SMILES string of the molecule is CSC(C)(C)CNc1nccc(C(F)(F)F)n1. The summed E-state index contributed by atoms with van der Waals surface area (Å²) in [6.07, 6.45) is -1.40. The lowest BCUT2D eigenvalue weighted by molar-refractivity contribution is -0.141. The maximum atomic E-state index is 12.4. The van der Waals surface area contributed by atoms with Crippen LogP contribution in [0.3, 0.4) is 0 Å². The number of anilines is 1. The van der Waals surface area contributed by atoms with Crippen molar-refractivity contribution in [3.63, 3.8) is 0 Å².